The Morgan fingerprint density at radius 3 is 2.57 bits per heavy atom. The SMILES string of the molecule is CC1CN(c2ccc(CCCCC(=O)O)cc2)CCN1C. The molecule has 0 amide bonds. The van der Waals surface area contributed by atoms with Crippen LogP contribution in [0.2, 0.25) is 0 Å². The lowest BCUT2D eigenvalue weighted by atomic mass is 10.1. The van der Waals surface area contributed by atoms with E-state index in [1.807, 2.05) is 0 Å². The number of unbranched alkanes of at least 4 members (excludes halogenated alkanes) is 1. The Labute approximate surface area is 127 Å². The third kappa shape index (κ3) is 4.74. The normalized spacial score (nSPS) is 19.7. The van der Waals surface area contributed by atoms with Crippen molar-refractivity contribution in [3.8, 4) is 0 Å². The molecule has 1 heterocycles. The molecule has 0 bridgehead atoms. The summed E-state index contributed by atoms with van der Waals surface area (Å²) in [4.78, 5) is 15.3. The number of benzene rings is 1. The number of hydrogen-bond donors (Lipinski definition) is 1. The van der Waals surface area contributed by atoms with E-state index in [0.29, 0.717) is 6.04 Å². The molecule has 4 heteroatoms. The van der Waals surface area contributed by atoms with Crippen LogP contribution in [0.1, 0.15) is 31.7 Å². The lowest BCUT2D eigenvalue weighted by molar-refractivity contribution is -0.137. The summed E-state index contributed by atoms with van der Waals surface area (Å²) >= 11 is 0. The smallest absolute Gasteiger partial charge is 0.303 e. The van der Waals surface area contributed by atoms with Crippen molar-refractivity contribution in [2.45, 2.75) is 38.6 Å². The summed E-state index contributed by atoms with van der Waals surface area (Å²) in [7, 11) is 2.18. The largest absolute Gasteiger partial charge is 0.481 e. The molecule has 21 heavy (non-hydrogen) atoms. The topological polar surface area (TPSA) is 43.8 Å². The molecule has 0 spiro atoms. The molecule has 0 radical (unpaired) electrons. The van der Waals surface area contributed by atoms with Gasteiger partial charge in [-0.15, -0.1) is 0 Å². The van der Waals surface area contributed by atoms with E-state index in [2.05, 4.69) is 48.0 Å². The van der Waals surface area contributed by atoms with E-state index in [9.17, 15) is 4.79 Å². The van der Waals surface area contributed by atoms with Crippen LogP contribution in [0.5, 0.6) is 0 Å². The van der Waals surface area contributed by atoms with Crippen LogP contribution in [0.3, 0.4) is 0 Å². The van der Waals surface area contributed by atoms with Crippen LogP contribution in [0.15, 0.2) is 24.3 Å². The first kappa shape index (κ1) is 15.8. The van der Waals surface area contributed by atoms with E-state index >= 15 is 0 Å². The summed E-state index contributed by atoms with van der Waals surface area (Å²) < 4.78 is 0. The van der Waals surface area contributed by atoms with Gasteiger partial charge in [0.2, 0.25) is 0 Å². The molecule has 1 atom stereocenters. The second-order valence-corrected chi connectivity index (χ2v) is 6.04. The summed E-state index contributed by atoms with van der Waals surface area (Å²) in [5, 5.41) is 8.62. The van der Waals surface area contributed by atoms with E-state index in [1.165, 1.54) is 11.3 Å². The second-order valence-electron chi connectivity index (χ2n) is 6.04. The molecule has 1 aliphatic rings. The van der Waals surface area contributed by atoms with Crippen LogP contribution >= 0.6 is 0 Å². The van der Waals surface area contributed by atoms with Crippen molar-refractivity contribution in [2.75, 3.05) is 31.6 Å². The molecule has 0 aliphatic carbocycles. The van der Waals surface area contributed by atoms with E-state index in [4.69, 9.17) is 5.11 Å². The third-order valence-corrected chi connectivity index (χ3v) is 4.37. The Bertz CT molecular complexity index is 458. The molecule has 1 fully saturated rings. The Morgan fingerprint density at radius 2 is 1.95 bits per heavy atom. The van der Waals surface area contributed by atoms with Crippen LogP contribution in [0, 0.1) is 0 Å². The van der Waals surface area contributed by atoms with E-state index in [0.717, 1.165) is 38.9 Å². The predicted molar refractivity (Wildman–Crippen MR) is 85.9 cm³/mol. The van der Waals surface area contributed by atoms with E-state index in [-0.39, 0.29) is 6.42 Å². The molecule has 116 valence electrons. The van der Waals surface area contributed by atoms with Gasteiger partial charge in [0.05, 0.1) is 0 Å². The fraction of sp³-hybridized carbons (Fsp3) is 0.588. The van der Waals surface area contributed by atoms with Gasteiger partial charge >= 0.3 is 5.97 Å². The first-order chi connectivity index (χ1) is 10.1. The maximum Gasteiger partial charge on any atom is 0.303 e. The highest BCUT2D eigenvalue weighted by molar-refractivity contribution is 5.66. The minimum atomic E-state index is -0.700. The Balaban J connectivity index is 1.83. The number of carboxylic acid groups (broad SMARTS) is 1. The summed E-state index contributed by atoms with van der Waals surface area (Å²) in [5.41, 5.74) is 2.59. The number of aliphatic carboxylic acids is 1. The first-order valence-electron chi connectivity index (χ1n) is 7.82. The lowest BCUT2D eigenvalue weighted by Gasteiger charge is -2.39. The average Bonchev–Trinajstić information content (AvgIpc) is 2.47. The lowest BCUT2D eigenvalue weighted by Crippen LogP contribution is -2.50. The van der Waals surface area contributed by atoms with Crippen molar-refractivity contribution in [3.63, 3.8) is 0 Å². The number of piperazine rings is 1. The number of nitrogens with zero attached hydrogens (tertiary/aromatic N) is 2. The standard InChI is InChI=1S/C17H26N2O2/c1-14-13-19(12-11-18(14)2)16-9-7-15(8-10-16)5-3-4-6-17(20)21/h7-10,14H,3-6,11-13H2,1-2H3,(H,20,21). The summed E-state index contributed by atoms with van der Waals surface area (Å²) in [6.07, 6.45) is 2.94. The highest BCUT2D eigenvalue weighted by Gasteiger charge is 2.20. The van der Waals surface area contributed by atoms with Gasteiger partial charge in [0.1, 0.15) is 0 Å². The zero-order valence-corrected chi connectivity index (χ0v) is 13.1. The van der Waals surface area contributed by atoms with Gasteiger partial charge in [-0.05, 0) is 50.9 Å². The zero-order valence-electron chi connectivity index (χ0n) is 13.1. The molecule has 0 aromatic heterocycles. The maximum atomic E-state index is 10.5. The minimum absolute atomic E-state index is 0.275. The van der Waals surface area contributed by atoms with Crippen molar-refractivity contribution >= 4 is 11.7 Å². The summed E-state index contributed by atoms with van der Waals surface area (Å²) in [6.45, 7) is 5.54. The fourth-order valence-electron chi connectivity index (χ4n) is 2.76. The Hall–Kier alpha value is -1.55. The van der Waals surface area contributed by atoms with Crippen molar-refractivity contribution in [1.82, 2.24) is 4.90 Å². The Kier molecular flexibility index (Phi) is 5.62. The second kappa shape index (κ2) is 7.46. The molecule has 0 saturated carbocycles. The molecule has 4 nitrogen and oxygen atoms in total. The van der Waals surface area contributed by atoms with Gasteiger partial charge < -0.3 is 14.9 Å². The van der Waals surface area contributed by atoms with Gasteiger partial charge in [0, 0.05) is 37.8 Å². The number of carboxylic acids is 1. The quantitative estimate of drug-likeness (QED) is 0.818. The molecule has 1 unspecified atom stereocenters. The predicted octanol–water partition coefficient (Wildman–Crippen LogP) is 2.62. The number of anilines is 1. The molecule has 2 rings (SSSR count). The van der Waals surface area contributed by atoms with Gasteiger partial charge in [0.25, 0.3) is 0 Å². The molecular formula is C17H26N2O2. The highest BCUT2D eigenvalue weighted by Crippen LogP contribution is 2.20. The third-order valence-electron chi connectivity index (χ3n) is 4.37. The number of aryl methyl sites for hydroxylation is 1. The van der Waals surface area contributed by atoms with Crippen molar-refractivity contribution in [2.24, 2.45) is 0 Å². The number of carbonyl (C=O) groups is 1. The van der Waals surface area contributed by atoms with Crippen LogP contribution in [0.4, 0.5) is 5.69 Å². The monoisotopic (exact) mass is 290 g/mol. The molecule has 1 aliphatic heterocycles. The fourth-order valence-corrected chi connectivity index (χ4v) is 2.76. The average molecular weight is 290 g/mol. The number of rotatable bonds is 6. The summed E-state index contributed by atoms with van der Waals surface area (Å²) in [6, 6.07) is 9.35. The highest BCUT2D eigenvalue weighted by atomic mass is 16.4. The minimum Gasteiger partial charge on any atom is -0.481 e. The van der Waals surface area contributed by atoms with E-state index < -0.39 is 5.97 Å². The van der Waals surface area contributed by atoms with Gasteiger partial charge in [-0.3, -0.25) is 4.79 Å². The Morgan fingerprint density at radius 1 is 1.24 bits per heavy atom. The van der Waals surface area contributed by atoms with Crippen LogP contribution in [-0.2, 0) is 11.2 Å². The van der Waals surface area contributed by atoms with Gasteiger partial charge in [-0.1, -0.05) is 12.1 Å². The van der Waals surface area contributed by atoms with Gasteiger partial charge in [-0.2, -0.15) is 0 Å². The molecule has 1 N–H and O–H groups in total. The zero-order chi connectivity index (χ0) is 15.2. The van der Waals surface area contributed by atoms with Crippen LogP contribution in [0.25, 0.3) is 0 Å². The van der Waals surface area contributed by atoms with Crippen molar-refractivity contribution in [1.29, 1.82) is 0 Å². The van der Waals surface area contributed by atoms with Crippen molar-refractivity contribution in [3.05, 3.63) is 29.8 Å². The molecule has 1 aromatic rings. The number of likely N-dealkylation sites (N-methyl/N-ethyl adjacent to an activating group) is 1. The molecule has 1 saturated heterocycles. The van der Waals surface area contributed by atoms with Crippen molar-refractivity contribution < 1.29 is 9.90 Å². The van der Waals surface area contributed by atoms with Gasteiger partial charge in [-0.25, -0.2) is 0 Å². The molecular weight excluding hydrogens is 264 g/mol. The molecule has 1 aromatic carbocycles. The number of hydrogen-bond acceptors (Lipinski definition) is 3. The van der Waals surface area contributed by atoms with Crippen LogP contribution in [-0.4, -0.2) is 48.7 Å². The van der Waals surface area contributed by atoms with Crippen LogP contribution < -0.4 is 4.90 Å². The van der Waals surface area contributed by atoms with E-state index in [1.54, 1.807) is 0 Å². The summed E-state index contributed by atoms with van der Waals surface area (Å²) in [5.74, 6) is -0.700. The first-order valence-corrected chi connectivity index (χ1v) is 7.82. The maximum absolute atomic E-state index is 10.5. The van der Waals surface area contributed by atoms with Gasteiger partial charge in [0.15, 0.2) is 0 Å².